The predicted octanol–water partition coefficient (Wildman–Crippen LogP) is 1.08. The Morgan fingerprint density at radius 1 is 1.18 bits per heavy atom. The summed E-state index contributed by atoms with van der Waals surface area (Å²) in [5, 5.41) is 3.30. The van der Waals surface area contributed by atoms with E-state index in [0.717, 1.165) is 0 Å². The Morgan fingerprint density at radius 2 is 1.73 bits per heavy atom. The van der Waals surface area contributed by atoms with Crippen LogP contribution in [-0.2, 0) is 0 Å². The lowest BCUT2D eigenvalue weighted by atomic mass is 10.1. The highest BCUT2D eigenvalue weighted by Crippen LogP contribution is 2.13. The van der Waals surface area contributed by atoms with Crippen LogP contribution < -0.4 is 5.32 Å². The largest absolute Gasteiger partial charge is 0.316 e. The second-order valence-corrected chi connectivity index (χ2v) is 3.56. The van der Waals surface area contributed by atoms with Crippen molar-refractivity contribution in [3.63, 3.8) is 0 Å². The van der Waals surface area contributed by atoms with E-state index in [-0.39, 0.29) is 0 Å². The van der Waals surface area contributed by atoms with Gasteiger partial charge in [-0.2, -0.15) is 0 Å². The van der Waals surface area contributed by atoms with Crippen molar-refractivity contribution < 1.29 is 0 Å². The smallest absolute Gasteiger partial charge is 0.0218 e. The molecule has 2 unspecified atom stereocenters. The molecule has 0 aromatic carbocycles. The van der Waals surface area contributed by atoms with Crippen molar-refractivity contribution in [3.8, 4) is 0 Å². The Labute approximate surface area is 70.0 Å². The fourth-order valence-electron chi connectivity index (χ4n) is 1.71. The van der Waals surface area contributed by atoms with E-state index < -0.39 is 0 Å². The van der Waals surface area contributed by atoms with Crippen molar-refractivity contribution in [3.05, 3.63) is 0 Å². The van der Waals surface area contributed by atoms with Gasteiger partial charge in [0.05, 0.1) is 0 Å². The van der Waals surface area contributed by atoms with E-state index in [2.05, 4.69) is 24.1 Å². The Hall–Kier alpha value is -0.0800. The summed E-state index contributed by atoms with van der Waals surface area (Å²) in [7, 11) is 2.04. The van der Waals surface area contributed by atoms with Gasteiger partial charge in [-0.1, -0.05) is 0 Å². The lowest BCUT2D eigenvalue weighted by molar-refractivity contribution is 0.219. The van der Waals surface area contributed by atoms with Crippen LogP contribution in [0.1, 0.15) is 26.7 Å². The van der Waals surface area contributed by atoms with Crippen LogP contribution >= 0.6 is 0 Å². The van der Waals surface area contributed by atoms with Crippen molar-refractivity contribution in [2.24, 2.45) is 0 Å². The molecule has 0 aromatic heterocycles. The Morgan fingerprint density at radius 3 is 2.18 bits per heavy atom. The first-order valence-electron chi connectivity index (χ1n) is 4.67. The molecule has 2 nitrogen and oxygen atoms in total. The first-order chi connectivity index (χ1) is 5.25. The second kappa shape index (κ2) is 4.07. The molecule has 1 aliphatic heterocycles. The van der Waals surface area contributed by atoms with Crippen molar-refractivity contribution in [1.82, 2.24) is 10.2 Å². The molecule has 2 heteroatoms. The SMILES string of the molecule is CNC(C)C(C)N1CCCC1. The minimum absolute atomic E-state index is 0.619. The summed E-state index contributed by atoms with van der Waals surface area (Å²) in [6, 6.07) is 1.32. The lowest BCUT2D eigenvalue weighted by Crippen LogP contribution is -2.44. The van der Waals surface area contributed by atoms with E-state index in [0.29, 0.717) is 12.1 Å². The summed E-state index contributed by atoms with van der Waals surface area (Å²) >= 11 is 0. The zero-order valence-electron chi connectivity index (χ0n) is 7.93. The third-order valence-electron chi connectivity index (χ3n) is 2.90. The summed E-state index contributed by atoms with van der Waals surface area (Å²) in [5.41, 5.74) is 0. The Bertz CT molecular complexity index is 108. The molecule has 0 aliphatic carbocycles. The maximum atomic E-state index is 3.30. The fourth-order valence-corrected chi connectivity index (χ4v) is 1.71. The van der Waals surface area contributed by atoms with E-state index in [1.807, 2.05) is 7.05 Å². The van der Waals surface area contributed by atoms with Gasteiger partial charge in [-0.3, -0.25) is 4.90 Å². The normalized spacial score (nSPS) is 25.4. The highest BCUT2D eigenvalue weighted by Gasteiger charge is 2.21. The van der Waals surface area contributed by atoms with Crippen LogP contribution in [0.2, 0.25) is 0 Å². The van der Waals surface area contributed by atoms with E-state index in [1.54, 1.807) is 0 Å². The third-order valence-corrected chi connectivity index (χ3v) is 2.90. The summed E-state index contributed by atoms with van der Waals surface area (Å²) in [6.07, 6.45) is 2.78. The molecule has 1 aliphatic rings. The first kappa shape index (κ1) is 9.01. The minimum atomic E-state index is 0.619. The van der Waals surface area contributed by atoms with E-state index >= 15 is 0 Å². The van der Waals surface area contributed by atoms with Gasteiger partial charge in [-0.25, -0.2) is 0 Å². The molecular formula is C9H20N2. The molecule has 1 heterocycles. The molecule has 0 aromatic rings. The molecule has 0 radical (unpaired) electrons. The van der Waals surface area contributed by atoms with Crippen LogP contribution in [0.4, 0.5) is 0 Å². The second-order valence-electron chi connectivity index (χ2n) is 3.56. The van der Waals surface area contributed by atoms with E-state index in [1.165, 1.54) is 25.9 Å². The van der Waals surface area contributed by atoms with Crippen molar-refractivity contribution in [2.45, 2.75) is 38.8 Å². The number of hydrogen-bond donors (Lipinski definition) is 1. The molecule has 0 saturated carbocycles. The number of likely N-dealkylation sites (tertiary alicyclic amines) is 1. The molecule has 1 fully saturated rings. The number of nitrogens with one attached hydrogen (secondary N) is 1. The Kier molecular flexibility index (Phi) is 3.34. The van der Waals surface area contributed by atoms with Crippen molar-refractivity contribution in [1.29, 1.82) is 0 Å². The first-order valence-corrected chi connectivity index (χ1v) is 4.67. The van der Waals surface area contributed by atoms with Gasteiger partial charge in [-0.15, -0.1) is 0 Å². The monoisotopic (exact) mass is 156 g/mol. The van der Waals surface area contributed by atoms with Gasteiger partial charge in [0.25, 0.3) is 0 Å². The molecule has 11 heavy (non-hydrogen) atoms. The predicted molar refractivity (Wildman–Crippen MR) is 48.8 cm³/mol. The summed E-state index contributed by atoms with van der Waals surface area (Å²) in [5.74, 6) is 0. The van der Waals surface area contributed by atoms with Crippen LogP contribution in [0.25, 0.3) is 0 Å². The quantitative estimate of drug-likeness (QED) is 0.658. The minimum Gasteiger partial charge on any atom is -0.316 e. The molecule has 0 amide bonds. The average Bonchev–Trinajstić information content (AvgIpc) is 2.53. The molecule has 0 bridgehead atoms. The molecule has 1 N–H and O–H groups in total. The molecule has 1 saturated heterocycles. The fraction of sp³-hybridized carbons (Fsp3) is 1.00. The molecule has 66 valence electrons. The van der Waals surface area contributed by atoms with Gasteiger partial charge in [-0.05, 0) is 46.8 Å². The van der Waals surface area contributed by atoms with Crippen LogP contribution in [0.3, 0.4) is 0 Å². The van der Waals surface area contributed by atoms with Gasteiger partial charge >= 0.3 is 0 Å². The van der Waals surface area contributed by atoms with Gasteiger partial charge in [0.2, 0.25) is 0 Å². The number of nitrogens with zero attached hydrogens (tertiary/aromatic N) is 1. The highest BCUT2D eigenvalue weighted by atomic mass is 15.2. The van der Waals surface area contributed by atoms with Gasteiger partial charge in [0, 0.05) is 12.1 Å². The highest BCUT2D eigenvalue weighted by molar-refractivity contribution is 4.79. The van der Waals surface area contributed by atoms with Crippen LogP contribution in [0.5, 0.6) is 0 Å². The zero-order chi connectivity index (χ0) is 8.27. The lowest BCUT2D eigenvalue weighted by Gasteiger charge is -2.28. The number of hydrogen-bond acceptors (Lipinski definition) is 2. The average molecular weight is 156 g/mol. The summed E-state index contributed by atoms with van der Waals surface area (Å²) in [6.45, 7) is 7.16. The standard InChI is InChI=1S/C9H20N2/c1-8(10-3)9(2)11-6-4-5-7-11/h8-10H,4-7H2,1-3H3. The maximum Gasteiger partial charge on any atom is 0.0218 e. The van der Waals surface area contributed by atoms with Crippen molar-refractivity contribution >= 4 is 0 Å². The molecule has 1 rings (SSSR count). The van der Waals surface area contributed by atoms with Crippen LogP contribution in [0.15, 0.2) is 0 Å². The zero-order valence-corrected chi connectivity index (χ0v) is 7.93. The van der Waals surface area contributed by atoms with Gasteiger partial charge < -0.3 is 5.32 Å². The van der Waals surface area contributed by atoms with Gasteiger partial charge in [0.1, 0.15) is 0 Å². The van der Waals surface area contributed by atoms with E-state index in [9.17, 15) is 0 Å². The number of likely N-dealkylation sites (N-methyl/N-ethyl adjacent to an activating group) is 1. The topological polar surface area (TPSA) is 15.3 Å². The number of rotatable bonds is 3. The molecule has 0 spiro atoms. The summed E-state index contributed by atoms with van der Waals surface area (Å²) in [4.78, 5) is 2.57. The maximum absolute atomic E-state index is 3.30. The Balaban J connectivity index is 2.32. The van der Waals surface area contributed by atoms with Gasteiger partial charge in [0.15, 0.2) is 0 Å². The molecular weight excluding hydrogens is 136 g/mol. The summed E-state index contributed by atoms with van der Waals surface area (Å²) < 4.78 is 0. The van der Waals surface area contributed by atoms with Crippen LogP contribution in [0, 0.1) is 0 Å². The van der Waals surface area contributed by atoms with Crippen molar-refractivity contribution in [2.75, 3.05) is 20.1 Å². The van der Waals surface area contributed by atoms with Crippen LogP contribution in [-0.4, -0.2) is 37.1 Å². The molecule has 2 atom stereocenters. The van der Waals surface area contributed by atoms with E-state index in [4.69, 9.17) is 0 Å². The third kappa shape index (κ3) is 2.17.